The zero-order valence-corrected chi connectivity index (χ0v) is 13.8. The van der Waals surface area contributed by atoms with E-state index in [9.17, 15) is 0 Å². The first-order valence-electron chi connectivity index (χ1n) is 7.44. The Morgan fingerprint density at radius 1 is 0.950 bits per heavy atom. The third kappa shape index (κ3) is 4.79. The Morgan fingerprint density at radius 3 is 2.35 bits per heavy atom. The van der Waals surface area contributed by atoms with Gasteiger partial charge in [-0.2, -0.15) is 0 Å². The van der Waals surface area contributed by atoms with E-state index in [1.165, 1.54) is 42.4 Å². The van der Waals surface area contributed by atoms with Gasteiger partial charge in [-0.1, -0.05) is 70.5 Å². The molecule has 0 N–H and O–H groups in total. The van der Waals surface area contributed by atoms with Crippen molar-refractivity contribution in [1.29, 1.82) is 0 Å². The van der Waals surface area contributed by atoms with Crippen LogP contribution in [0, 0.1) is 12.8 Å². The molecule has 2 rings (SSSR count). The second-order valence-electron chi connectivity index (χ2n) is 5.53. The maximum Gasteiger partial charge on any atom is 0.00628 e. The molecule has 0 radical (unpaired) electrons. The summed E-state index contributed by atoms with van der Waals surface area (Å²) in [5, 5.41) is 1.09. The third-order valence-corrected chi connectivity index (χ3v) is 4.82. The van der Waals surface area contributed by atoms with E-state index in [1.807, 2.05) is 0 Å². The van der Waals surface area contributed by atoms with E-state index in [0.717, 1.165) is 11.2 Å². The lowest BCUT2D eigenvalue weighted by molar-refractivity contribution is 0.517. The van der Waals surface area contributed by atoms with Gasteiger partial charge in [0.15, 0.2) is 0 Å². The zero-order chi connectivity index (χ0) is 14.2. The molecule has 2 aromatic carbocycles. The van der Waals surface area contributed by atoms with Crippen LogP contribution in [-0.4, -0.2) is 5.33 Å². The van der Waals surface area contributed by atoms with Crippen molar-refractivity contribution < 1.29 is 0 Å². The van der Waals surface area contributed by atoms with Gasteiger partial charge in [0.2, 0.25) is 0 Å². The molecule has 0 saturated carbocycles. The Morgan fingerprint density at radius 2 is 1.65 bits per heavy atom. The van der Waals surface area contributed by atoms with E-state index >= 15 is 0 Å². The highest BCUT2D eigenvalue weighted by Gasteiger charge is 2.09. The molecule has 0 aromatic heterocycles. The molecular formula is C19H23Br. The lowest BCUT2D eigenvalue weighted by atomic mass is 9.93. The van der Waals surface area contributed by atoms with Crippen molar-refractivity contribution in [3.8, 4) is 0 Å². The molecule has 2 aromatic rings. The summed E-state index contributed by atoms with van der Waals surface area (Å²) in [5.41, 5.74) is 4.37. The van der Waals surface area contributed by atoms with E-state index in [2.05, 4.69) is 77.5 Å². The van der Waals surface area contributed by atoms with Gasteiger partial charge in [-0.25, -0.2) is 0 Å². The van der Waals surface area contributed by atoms with Crippen molar-refractivity contribution >= 4 is 15.9 Å². The second kappa shape index (κ2) is 8.26. The molecule has 0 saturated heterocycles. The first kappa shape index (κ1) is 15.3. The minimum absolute atomic E-state index is 0.736. The molecule has 0 aliphatic heterocycles. The Bertz CT molecular complexity index is 504. The van der Waals surface area contributed by atoms with Crippen LogP contribution in [0.2, 0.25) is 0 Å². The molecule has 0 spiro atoms. The predicted octanol–water partition coefficient (Wildman–Crippen LogP) is 5.57. The molecule has 1 unspecified atom stereocenters. The number of halogens is 1. The summed E-state index contributed by atoms with van der Waals surface area (Å²) in [6, 6.07) is 19.6. The fourth-order valence-corrected chi connectivity index (χ4v) is 3.18. The van der Waals surface area contributed by atoms with Gasteiger partial charge in [-0.05, 0) is 55.2 Å². The smallest absolute Gasteiger partial charge is 0.00628 e. The summed E-state index contributed by atoms with van der Waals surface area (Å²) < 4.78 is 0. The van der Waals surface area contributed by atoms with Gasteiger partial charge in [0, 0.05) is 5.33 Å². The highest BCUT2D eigenvalue weighted by molar-refractivity contribution is 9.09. The van der Waals surface area contributed by atoms with Crippen LogP contribution >= 0.6 is 15.9 Å². The quantitative estimate of drug-likeness (QED) is 0.582. The fraction of sp³-hybridized carbons (Fsp3) is 0.368. The maximum absolute atomic E-state index is 3.68. The average Bonchev–Trinajstić information content (AvgIpc) is 2.49. The molecule has 20 heavy (non-hydrogen) atoms. The molecule has 1 atom stereocenters. The first-order chi connectivity index (χ1) is 9.79. The van der Waals surface area contributed by atoms with Crippen molar-refractivity contribution in [3.63, 3.8) is 0 Å². The van der Waals surface area contributed by atoms with Crippen LogP contribution < -0.4 is 0 Å². The number of hydrogen-bond donors (Lipinski definition) is 0. The lowest BCUT2D eigenvalue weighted by Gasteiger charge is -2.15. The van der Waals surface area contributed by atoms with Gasteiger partial charge in [0.05, 0.1) is 0 Å². The van der Waals surface area contributed by atoms with E-state index in [1.54, 1.807) is 0 Å². The molecular weight excluding hydrogens is 308 g/mol. The Balaban J connectivity index is 1.82. The topological polar surface area (TPSA) is 0 Å². The van der Waals surface area contributed by atoms with Gasteiger partial charge < -0.3 is 0 Å². The second-order valence-corrected chi connectivity index (χ2v) is 6.18. The zero-order valence-electron chi connectivity index (χ0n) is 12.2. The van der Waals surface area contributed by atoms with Gasteiger partial charge in [0.1, 0.15) is 0 Å². The van der Waals surface area contributed by atoms with Crippen LogP contribution in [0.3, 0.4) is 0 Å². The highest BCUT2D eigenvalue weighted by atomic mass is 79.9. The van der Waals surface area contributed by atoms with E-state index < -0.39 is 0 Å². The Labute approximate surface area is 131 Å². The predicted molar refractivity (Wildman–Crippen MR) is 91.5 cm³/mol. The van der Waals surface area contributed by atoms with Gasteiger partial charge >= 0.3 is 0 Å². The summed E-state index contributed by atoms with van der Waals surface area (Å²) in [4.78, 5) is 0. The third-order valence-electron chi connectivity index (χ3n) is 3.91. The minimum Gasteiger partial charge on any atom is -0.0925 e. The largest absolute Gasteiger partial charge is 0.0925 e. The van der Waals surface area contributed by atoms with Crippen LogP contribution in [0.15, 0.2) is 54.6 Å². The van der Waals surface area contributed by atoms with Crippen molar-refractivity contribution in [3.05, 3.63) is 71.3 Å². The van der Waals surface area contributed by atoms with Crippen molar-refractivity contribution in [2.45, 2.75) is 32.6 Å². The number of benzene rings is 2. The van der Waals surface area contributed by atoms with Crippen LogP contribution in [0.1, 0.15) is 29.5 Å². The van der Waals surface area contributed by atoms with E-state index in [0.29, 0.717) is 0 Å². The van der Waals surface area contributed by atoms with Crippen LogP contribution in [-0.2, 0) is 12.8 Å². The van der Waals surface area contributed by atoms with Gasteiger partial charge in [-0.3, -0.25) is 0 Å². The van der Waals surface area contributed by atoms with Crippen molar-refractivity contribution in [2.75, 3.05) is 5.33 Å². The number of hydrogen-bond acceptors (Lipinski definition) is 0. The minimum atomic E-state index is 0.736. The summed E-state index contributed by atoms with van der Waals surface area (Å²) in [5.74, 6) is 0.736. The molecule has 0 amide bonds. The Kier molecular flexibility index (Phi) is 6.32. The fourth-order valence-electron chi connectivity index (χ4n) is 2.62. The number of rotatable bonds is 7. The first-order valence-corrected chi connectivity index (χ1v) is 8.56. The summed E-state index contributed by atoms with van der Waals surface area (Å²) in [7, 11) is 0. The van der Waals surface area contributed by atoms with E-state index in [4.69, 9.17) is 0 Å². The highest BCUT2D eigenvalue weighted by Crippen LogP contribution is 2.20. The molecule has 0 heterocycles. The SMILES string of the molecule is Cc1ccccc1CC(CBr)CCCc1ccccc1. The molecule has 0 fully saturated rings. The monoisotopic (exact) mass is 330 g/mol. The normalized spacial score (nSPS) is 12.3. The molecule has 0 nitrogen and oxygen atoms in total. The van der Waals surface area contributed by atoms with Crippen LogP contribution in [0.5, 0.6) is 0 Å². The van der Waals surface area contributed by atoms with Crippen LogP contribution in [0.25, 0.3) is 0 Å². The summed E-state index contributed by atoms with van der Waals surface area (Å²) >= 11 is 3.68. The van der Waals surface area contributed by atoms with Crippen molar-refractivity contribution in [2.24, 2.45) is 5.92 Å². The maximum atomic E-state index is 3.68. The summed E-state index contributed by atoms with van der Waals surface area (Å²) in [6.45, 7) is 2.21. The molecule has 106 valence electrons. The molecule has 0 aliphatic carbocycles. The molecule has 0 bridgehead atoms. The standard InChI is InChI=1S/C19H23Br/c1-16-8-5-6-13-19(16)14-18(15-20)12-7-11-17-9-3-2-4-10-17/h2-6,8-10,13,18H,7,11-12,14-15H2,1H3. The number of aryl methyl sites for hydroxylation is 2. The van der Waals surface area contributed by atoms with Gasteiger partial charge in [-0.15, -0.1) is 0 Å². The average molecular weight is 331 g/mol. The van der Waals surface area contributed by atoms with Crippen LogP contribution in [0.4, 0.5) is 0 Å². The Hall–Kier alpha value is -1.08. The number of alkyl halides is 1. The summed E-state index contributed by atoms with van der Waals surface area (Å²) in [6.07, 6.45) is 4.94. The van der Waals surface area contributed by atoms with E-state index in [-0.39, 0.29) is 0 Å². The lowest BCUT2D eigenvalue weighted by Crippen LogP contribution is -2.08. The molecule has 0 aliphatic rings. The van der Waals surface area contributed by atoms with Gasteiger partial charge in [0.25, 0.3) is 0 Å². The van der Waals surface area contributed by atoms with Crippen molar-refractivity contribution in [1.82, 2.24) is 0 Å². The molecule has 1 heteroatoms.